The average Bonchev–Trinajstić information content (AvgIpc) is 2.32. The van der Waals surface area contributed by atoms with Crippen LogP contribution in [0.2, 0.25) is 5.15 Å². The van der Waals surface area contributed by atoms with Gasteiger partial charge in [0.2, 0.25) is 0 Å². The van der Waals surface area contributed by atoms with Gasteiger partial charge < -0.3 is 10.1 Å². The third-order valence-corrected chi connectivity index (χ3v) is 2.87. The lowest BCUT2D eigenvalue weighted by Gasteiger charge is -2.08. The second kappa shape index (κ2) is 5.33. The number of benzene rings is 1. The summed E-state index contributed by atoms with van der Waals surface area (Å²) in [4.78, 5) is 8.03. The van der Waals surface area contributed by atoms with Gasteiger partial charge in [-0.25, -0.2) is 4.98 Å². The van der Waals surface area contributed by atoms with E-state index in [1.807, 2.05) is 18.2 Å². The molecule has 0 bridgehead atoms. The minimum atomic E-state index is 0.346. The highest BCUT2D eigenvalue weighted by Gasteiger charge is 2.03. The van der Waals surface area contributed by atoms with E-state index in [9.17, 15) is 0 Å². The number of halogens is 2. The third-order valence-electron chi connectivity index (χ3n) is 2.03. The van der Waals surface area contributed by atoms with Crippen LogP contribution in [-0.4, -0.2) is 17.1 Å². The molecule has 0 amide bonds. The number of rotatable bonds is 3. The predicted octanol–water partition coefficient (Wildman–Crippen LogP) is 3.64. The first kappa shape index (κ1) is 12.1. The summed E-state index contributed by atoms with van der Waals surface area (Å²) in [6.45, 7) is 0. The summed E-state index contributed by atoms with van der Waals surface area (Å²) in [6.07, 6.45) is 3.08. The molecule has 0 saturated carbocycles. The van der Waals surface area contributed by atoms with Crippen molar-refractivity contribution >= 4 is 39.0 Å². The van der Waals surface area contributed by atoms with Gasteiger partial charge in [0.05, 0.1) is 24.0 Å². The van der Waals surface area contributed by atoms with Gasteiger partial charge in [-0.1, -0.05) is 11.6 Å². The zero-order valence-corrected chi connectivity index (χ0v) is 11.3. The van der Waals surface area contributed by atoms with E-state index in [0.717, 1.165) is 15.9 Å². The van der Waals surface area contributed by atoms with Crippen molar-refractivity contribution in [1.29, 1.82) is 0 Å². The lowest BCUT2D eigenvalue weighted by Crippen LogP contribution is -1.95. The van der Waals surface area contributed by atoms with Crippen molar-refractivity contribution in [2.24, 2.45) is 0 Å². The predicted molar refractivity (Wildman–Crippen MR) is 71.0 cm³/mol. The van der Waals surface area contributed by atoms with E-state index in [0.29, 0.717) is 11.0 Å². The Morgan fingerprint density at radius 2 is 2.18 bits per heavy atom. The normalized spacial score (nSPS) is 10.1. The maximum absolute atomic E-state index is 5.75. The molecular formula is C11H9BrClN3O. The number of hydrogen-bond acceptors (Lipinski definition) is 4. The van der Waals surface area contributed by atoms with Crippen molar-refractivity contribution in [3.05, 3.63) is 40.2 Å². The van der Waals surface area contributed by atoms with E-state index in [1.54, 1.807) is 13.3 Å². The smallest absolute Gasteiger partial charge is 0.150 e. The van der Waals surface area contributed by atoms with Crippen LogP contribution in [0.15, 0.2) is 35.1 Å². The summed E-state index contributed by atoms with van der Waals surface area (Å²) < 4.78 is 6.09. The van der Waals surface area contributed by atoms with Crippen LogP contribution in [0.5, 0.6) is 5.75 Å². The first-order valence-corrected chi connectivity index (χ1v) is 5.94. The number of nitrogens with one attached hydrogen (secondary N) is 1. The van der Waals surface area contributed by atoms with Crippen LogP contribution < -0.4 is 10.1 Å². The summed E-state index contributed by atoms with van der Waals surface area (Å²) in [5.41, 5.74) is 0.849. The molecule has 0 aliphatic carbocycles. The minimum absolute atomic E-state index is 0.346. The highest BCUT2D eigenvalue weighted by atomic mass is 79.9. The van der Waals surface area contributed by atoms with Gasteiger partial charge in [0.25, 0.3) is 0 Å². The molecule has 2 rings (SSSR count). The van der Waals surface area contributed by atoms with Gasteiger partial charge in [-0.15, -0.1) is 0 Å². The topological polar surface area (TPSA) is 47.0 Å². The van der Waals surface area contributed by atoms with Crippen molar-refractivity contribution in [3.8, 4) is 5.75 Å². The highest BCUT2D eigenvalue weighted by Crippen LogP contribution is 2.29. The maximum Gasteiger partial charge on any atom is 0.150 e. The Labute approximate surface area is 112 Å². The quantitative estimate of drug-likeness (QED) is 0.939. The van der Waals surface area contributed by atoms with E-state index in [4.69, 9.17) is 16.3 Å². The van der Waals surface area contributed by atoms with Gasteiger partial charge in [-0.2, -0.15) is 0 Å². The molecule has 0 aliphatic heterocycles. The largest absolute Gasteiger partial charge is 0.495 e. The fraction of sp³-hybridized carbons (Fsp3) is 0.0909. The maximum atomic E-state index is 5.75. The zero-order valence-electron chi connectivity index (χ0n) is 8.95. The van der Waals surface area contributed by atoms with Crippen LogP contribution >= 0.6 is 27.5 Å². The standard InChI is InChI=1S/C11H9BrClN3O/c1-17-9-4-7(2-3-8(9)12)15-11-6-14-5-10(13)16-11/h2-6H,1H3,(H,15,16). The first-order valence-electron chi connectivity index (χ1n) is 4.77. The molecule has 17 heavy (non-hydrogen) atoms. The summed E-state index contributed by atoms with van der Waals surface area (Å²) in [5.74, 6) is 1.33. The lowest BCUT2D eigenvalue weighted by molar-refractivity contribution is 0.412. The Balaban J connectivity index is 2.24. The van der Waals surface area contributed by atoms with Gasteiger partial charge in [-0.05, 0) is 28.1 Å². The van der Waals surface area contributed by atoms with Gasteiger partial charge in [0.1, 0.15) is 10.9 Å². The Morgan fingerprint density at radius 3 is 2.88 bits per heavy atom. The van der Waals surface area contributed by atoms with Gasteiger partial charge >= 0.3 is 0 Å². The molecule has 1 N–H and O–H groups in total. The molecule has 0 fully saturated rings. The van der Waals surface area contributed by atoms with E-state index in [-0.39, 0.29) is 0 Å². The third kappa shape index (κ3) is 3.08. The number of ether oxygens (including phenoxy) is 1. The number of methoxy groups -OCH3 is 1. The molecule has 0 spiro atoms. The van der Waals surface area contributed by atoms with E-state index in [2.05, 4.69) is 31.2 Å². The lowest BCUT2D eigenvalue weighted by atomic mass is 10.3. The van der Waals surface area contributed by atoms with Crippen molar-refractivity contribution < 1.29 is 4.74 Å². The highest BCUT2D eigenvalue weighted by molar-refractivity contribution is 9.10. The summed E-state index contributed by atoms with van der Waals surface area (Å²) in [6, 6.07) is 5.64. The van der Waals surface area contributed by atoms with Crippen LogP contribution in [0.25, 0.3) is 0 Å². The number of aromatic nitrogens is 2. The fourth-order valence-electron chi connectivity index (χ4n) is 1.29. The SMILES string of the molecule is COc1cc(Nc2cncc(Cl)n2)ccc1Br. The summed E-state index contributed by atoms with van der Waals surface area (Å²) in [7, 11) is 1.61. The van der Waals surface area contributed by atoms with E-state index < -0.39 is 0 Å². The van der Waals surface area contributed by atoms with Gasteiger partial charge in [0, 0.05) is 11.8 Å². The van der Waals surface area contributed by atoms with Crippen molar-refractivity contribution in [3.63, 3.8) is 0 Å². The molecule has 0 aliphatic rings. The van der Waals surface area contributed by atoms with E-state index in [1.165, 1.54) is 6.20 Å². The minimum Gasteiger partial charge on any atom is -0.495 e. The molecule has 0 radical (unpaired) electrons. The Bertz CT molecular complexity index is 536. The molecule has 2 aromatic rings. The fourth-order valence-corrected chi connectivity index (χ4v) is 1.84. The molecule has 4 nitrogen and oxygen atoms in total. The Morgan fingerprint density at radius 1 is 1.35 bits per heavy atom. The molecule has 1 heterocycles. The Hall–Kier alpha value is -1.33. The molecular weight excluding hydrogens is 305 g/mol. The molecule has 0 atom stereocenters. The molecule has 1 aromatic carbocycles. The Kier molecular flexibility index (Phi) is 3.81. The number of anilines is 2. The molecule has 0 saturated heterocycles. The van der Waals surface area contributed by atoms with Crippen molar-refractivity contribution in [2.75, 3.05) is 12.4 Å². The summed E-state index contributed by atoms with van der Waals surface area (Å²) in [5, 5.41) is 3.43. The van der Waals surface area contributed by atoms with Crippen LogP contribution in [-0.2, 0) is 0 Å². The van der Waals surface area contributed by atoms with Crippen LogP contribution in [0, 0.1) is 0 Å². The summed E-state index contributed by atoms with van der Waals surface area (Å²) >= 11 is 9.13. The molecule has 6 heteroatoms. The monoisotopic (exact) mass is 313 g/mol. The van der Waals surface area contributed by atoms with Crippen LogP contribution in [0.3, 0.4) is 0 Å². The van der Waals surface area contributed by atoms with Crippen molar-refractivity contribution in [2.45, 2.75) is 0 Å². The molecule has 1 aromatic heterocycles. The van der Waals surface area contributed by atoms with Crippen LogP contribution in [0.1, 0.15) is 0 Å². The average molecular weight is 315 g/mol. The second-order valence-electron chi connectivity index (χ2n) is 3.20. The first-order chi connectivity index (χ1) is 8.19. The second-order valence-corrected chi connectivity index (χ2v) is 4.44. The zero-order chi connectivity index (χ0) is 12.3. The van der Waals surface area contributed by atoms with Gasteiger partial charge in [0.15, 0.2) is 5.82 Å². The van der Waals surface area contributed by atoms with Gasteiger partial charge in [-0.3, -0.25) is 4.98 Å². The number of hydrogen-bond donors (Lipinski definition) is 1. The number of nitrogens with zero attached hydrogens (tertiary/aromatic N) is 2. The van der Waals surface area contributed by atoms with Crippen molar-refractivity contribution in [1.82, 2.24) is 9.97 Å². The van der Waals surface area contributed by atoms with E-state index >= 15 is 0 Å². The van der Waals surface area contributed by atoms with Crippen LogP contribution in [0.4, 0.5) is 11.5 Å². The molecule has 88 valence electrons. The molecule has 0 unspecified atom stereocenters.